The predicted octanol–water partition coefficient (Wildman–Crippen LogP) is 1.70. The van der Waals surface area contributed by atoms with Gasteiger partial charge in [0.2, 0.25) is 0 Å². The van der Waals surface area contributed by atoms with Gasteiger partial charge < -0.3 is 15.3 Å². The first kappa shape index (κ1) is 11.7. The second-order valence-corrected chi connectivity index (χ2v) is 3.93. The molecular weight excluding hydrogens is 214 g/mol. The van der Waals surface area contributed by atoms with Crippen molar-refractivity contribution in [3.05, 3.63) is 30.5 Å². The Morgan fingerprint density at radius 3 is 2.88 bits per heavy atom. The van der Waals surface area contributed by atoms with Gasteiger partial charge in [0, 0.05) is 37.9 Å². The van der Waals surface area contributed by atoms with Crippen molar-refractivity contribution < 1.29 is 5.11 Å². The van der Waals surface area contributed by atoms with E-state index in [1.165, 1.54) is 0 Å². The maximum absolute atomic E-state index is 9.01. The van der Waals surface area contributed by atoms with Gasteiger partial charge in [-0.25, -0.2) is 4.98 Å². The van der Waals surface area contributed by atoms with E-state index >= 15 is 0 Å². The summed E-state index contributed by atoms with van der Waals surface area (Å²) in [5.41, 5.74) is 1.05. The molecular formula is C13H17N3O. The minimum atomic E-state index is 0.121. The van der Waals surface area contributed by atoms with Crippen molar-refractivity contribution in [2.45, 2.75) is 0 Å². The van der Waals surface area contributed by atoms with Gasteiger partial charge >= 0.3 is 0 Å². The second kappa shape index (κ2) is 5.01. The van der Waals surface area contributed by atoms with Crippen LogP contribution >= 0.6 is 0 Å². The minimum Gasteiger partial charge on any atom is -0.395 e. The Kier molecular flexibility index (Phi) is 3.44. The van der Waals surface area contributed by atoms with E-state index in [0.717, 1.165) is 22.3 Å². The molecule has 1 aromatic carbocycles. The van der Waals surface area contributed by atoms with Gasteiger partial charge in [-0.05, 0) is 17.5 Å². The number of likely N-dealkylation sites (N-methyl/N-ethyl adjacent to an activating group) is 1. The molecule has 0 unspecified atom stereocenters. The van der Waals surface area contributed by atoms with E-state index < -0.39 is 0 Å². The zero-order chi connectivity index (χ0) is 12.3. The summed E-state index contributed by atoms with van der Waals surface area (Å²) in [6.45, 7) is 0.695. The number of aliphatic hydroxyl groups is 1. The highest BCUT2D eigenvalue weighted by Gasteiger charge is 2.10. The van der Waals surface area contributed by atoms with E-state index in [4.69, 9.17) is 5.11 Å². The van der Waals surface area contributed by atoms with Crippen LogP contribution in [0.1, 0.15) is 0 Å². The summed E-state index contributed by atoms with van der Waals surface area (Å²) in [6.07, 6.45) is 1.80. The van der Waals surface area contributed by atoms with E-state index in [-0.39, 0.29) is 6.61 Å². The maximum Gasteiger partial charge on any atom is 0.138 e. The topological polar surface area (TPSA) is 48.4 Å². The molecule has 0 amide bonds. The van der Waals surface area contributed by atoms with Gasteiger partial charge in [-0.2, -0.15) is 0 Å². The quantitative estimate of drug-likeness (QED) is 0.841. The first-order valence-electron chi connectivity index (χ1n) is 5.65. The molecule has 2 rings (SSSR count). The molecule has 4 nitrogen and oxygen atoms in total. The van der Waals surface area contributed by atoms with Crippen LogP contribution in [-0.4, -0.2) is 37.3 Å². The number of hydrogen-bond acceptors (Lipinski definition) is 4. The van der Waals surface area contributed by atoms with Gasteiger partial charge in [0.1, 0.15) is 5.82 Å². The number of rotatable bonds is 4. The first-order chi connectivity index (χ1) is 8.27. The average Bonchev–Trinajstić information content (AvgIpc) is 2.37. The third kappa shape index (κ3) is 2.17. The molecule has 0 bridgehead atoms. The van der Waals surface area contributed by atoms with E-state index in [2.05, 4.69) is 16.4 Å². The number of pyridine rings is 1. The number of aliphatic hydroxyl groups excluding tert-OH is 1. The van der Waals surface area contributed by atoms with Crippen molar-refractivity contribution >= 4 is 22.3 Å². The molecule has 0 fully saturated rings. The Hall–Kier alpha value is -1.81. The fraction of sp³-hybridized carbons (Fsp3) is 0.308. The van der Waals surface area contributed by atoms with Crippen LogP contribution in [0.2, 0.25) is 0 Å². The molecule has 0 aliphatic carbocycles. The number of nitrogens with one attached hydrogen (secondary N) is 1. The summed E-state index contributed by atoms with van der Waals surface area (Å²) in [5.74, 6) is 0.890. The summed E-state index contributed by atoms with van der Waals surface area (Å²) in [5, 5.41) is 14.4. The van der Waals surface area contributed by atoms with Gasteiger partial charge in [-0.15, -0.1) is 0 Å². The van der Waals surface area contributed by atoms with E-state index in [1.807, 2.05) is 37.2 Å². The molecule has 2 N–H and O–H groups in total. The van der Waals surface area contributed by atoms with Crippen molar-refractivity contribution in [3.8, 4) is 0 Å². The van der Waals surface area contributed by atoms with Crippen LogP contribution < -0.4 is 10.2 Å². The van der Waals surface area contributed by atoms with Crippen LogP contribution in [0, 0.1) is 0 Å². The Morgan fingerprint density at radius 1 is 1.35 bits per heavy atom. The number of aromatic nitrogens is 1. The Bertz CT molecular complexity index is 508. The van der Waals surface area contributed by atoms with Gasteiger partial charge in [-0.3, -0.25) is 0 Å². The number of hydrogen-bond donors (Lipinski definition) is 2. The molecule has 90 valence electrons. The van der Waals surface area contributed by atoms with Crippen molar-refractivity contribution in [1.29, 1.82) is 0 Å². The van der Waals surface area contributed by atoms with E-state index in [1.54, 1.807) is 6.20 Å². The third-order valence-electron chi connectivity index (χ3n) is 2.84. The lowest BCUT2D eigenvalue weighted by Crippen LogP contribution is -2.22. The Balaban J connectivity index is 2.62. The number of fused-ring (bicyclic) bond motifs is 1. The fourth-order valence-corrected chi connectivity index (χ4v) is 1.96. The Morgan fingerprint density at radius 2 is 2.18 bits per heavy atom. The molecule has 0 saturated heterocycles. The molecule has 0 saturated carbocycles. The van der Waals surface area contributed by atoms with Gasteiger partial charge in [-0.1, -0.05) is 12.1 Å². The highest BCUT2D eigenvalue weighted by molar-refractivity contribution is 6.01. The summed E-state index contributed by atoms with van der Waals surface area (Å²) in [4.78, 5) is 6.37. The Labute approximate surface area is 101 Å². The molecule has 0 aliphatic rings. The molecule has 2 aromatic rings. The van der Waals surface area contributed by atoms with Crippen LogP contribution in [0.3, 0.4) is 0 Å². The highest BCUT2D eigenvalue weighted by atomic mass is 16.3. The molecule has 0 spiro atoms. The van der Waals surface area contributed by atoms with Gasteiger partial charge in [0.25, 0.3) is 0 Å². The summed E-state index contributed by atoms with van der Waals surface area (Å²) >= 11 is 0. The number of anilines is 2. The van der Waals surface area contributed by atoms with Crippen LogP contribution in [-0.2, 0) is 0 Å². The summed E-state index contributed by atoms with van der Waals surface area (Å²) in [7, 11) is 3.84. The largest absolute Gasteiger partial charge is 0.395 e. The number of nitrogens with zero attached hydrogens (tertiary/aromatic N) is 2. The molecule has 4 heteroatoms. The van der Waals surface area contributed by atoms with Crippen LogP contribution in [0.25, 0.3) is 10.8 Å². The van der Waals surface area contributed by atoms with Crippen molar-refractivity contribution in [3.63, 3.8) is 0 Å². The van der Waals surface area contributed by atoms with Gasteiger partial charge in [0.15, 0.2) is 0 Å². The van der Waals surface area contributed by atoms with Crippen molar-refractivity contribution in [2.24, 2.45) is 0 Å². The van der Waals surface area contributed by atoms with E-state index in [0.29, 0.717) is 6.54 Å². The maximum atomic E-state index is 9.01. The first-order valence-corrected chi connectivity index (χ1v) is 5.65. The molecule has 0 atom stereocenters. The lowest BCUT2D eigenvalue weighted by Gasteiger charge is -2.20. The molecule has 17 heavy (non-hydrogen) atoms. The fourth-order valence-electron chi connectivity index (χ4n) is 1.96. The summed E-state index contributed by atoms with van der Waals surface area (Å²) < 4.78 is 0. The summed E-state index contributed by atoms with van der Waals surface area (Å²) in [6, 6.07) is 8.10. The molecule has 1 aromatic heterocycles. The SMILES string of the molecule is CNc1cccc2ccnc(N(C)CCO)c12. The molecule has 0 aliphatic heterocycles. The van der Waals surface area contributed by atoms with Gasteiger partial charge in [0.05, 0.1) is 6.61 Å². The minimum absolute atomic E-state index is 0.121. The smallest absolute Gasteiger partial charge is 0.138 e. The van der Waals surface area contributed by atoms with Crippen molar-refractivity contribution in [2.75, 3.05) is 37.5 Å². The zero-order valence-electron chi connectivity index (χ0n) is 10.1. The molecule has 1 heterocycles. The average molecular weight is 231 g/mol. The second-order valence-electron chi connectivity index (χ2n) is 3.93. The standard InChI is InChI=1S/C13H17N3O/c1-14-11-5-3-4-10-6-7-15-13(12(10)11)16(2)8-9-17/h3-7,14,17H,8-9H2,1-2H3. The monoisotopic (exact) mass is 231 g/mol. The third-order valence-corrected chi connectivity index (χ3v) is 2.84. The zero-order valence-corrected chi connectivity index (χ0v) is 10.1. The predicted molar refractivity (Wildman–Crippen MR) is 71.6 cm³/mol. The van der Waals surface area contributed by atoms with Crippen molar-refractivity contribution in [1.82, 2.24) is 4.98 Å². The van der Waals surface area contributed by atoms with Crippen LogP contribution in [0.4, 0.5) is 11.5 Å². The van der Waals surface area contributed by atoms with Crippen LogP contribution in [0.15, 0.2) is 30.5 Å². The highest BCUT2D eigenvalue weighted by Crippen LogP contribution is 2.30. The lowest BCUT2D eigenvalue weighted by molar-refractivity contribution is 0.304. The molecule has 0 radical (unpaired) electrons. The van der Waals surface area contributed by atoms with Crippen LogP contribution in [0.5, 0.6) is 0 Å². The lowest BCUT2D eigenvalue weighted by atomic mass is 10.1. The van der Waals surface area contributed by atoms with E-state index in [9.17, 15) is 0 Å². The normalized spacial score (nSPS) is 10.5. The number of benzene rings is 1.